The molecule has 1 amide bonds. The van der Waals surface area contributed by atoms with E-state index in [0.29, 0.717) is 29.2 Å². The predicted molar refractivity (Wildman–Crippen MR) is 124 cm³/mol. The lowest BCUT2D eigenvalue weighted by atomic mass is 9.98. The Hall–Kier alpha value is -4.13. The first-order valence-corrected chi connectivity index (χ1v) is 10.5. The largest absolute Gasteiger partial charge is 0.493 e. The third kappa shape index (κ3) is 4.87. The summed E-state index contributed by atoms with van der Waals surface area (Å²) < 4.78 is 16.5. The number of benzene rings is 3. The highest BCUT2D eigenvalue weighted by Crippen LogP contribution is 2.37. The molecule has 0 aromatic heterocycles. The second kappa shape index (κ2) is 9.99. The fraction of sp³-hybridized carbons (Fsp3) is 0.192. The summed E-state index contributed by atoms with van der Waals surface area (Å²) in [6.45, 7) is -0.185. The van der Waals surface area contributed by atoms with Gasteiger partial charge in [0, 0.05) is 12.0 Å². The van der Waals surface area contributed by atoms with Gasteiger partial charge in [-0.15, -0.1) is 0 Å². The van der Waals surface area contributed by atoms with E-state index in [1.165, 1.54) is 5.01 Å². The van der Waals surface area contributed by atoms with Crippen molar-refractivity contribution in [2.45, 2.75) is 12.5 Å². The predicted octanol–water partition coefficient (Wildman–Crippen LogP) is 4.27. The average Bonchev–Trinajstić information content (AvgIpc) is 3.33. The van der Waals surface area contributed by atoms with Crippen LogP contribution in [0.2, 0.25) is 0 Å². The number of methoxy groups -OCH3 is 2. The molecule has 0 saturated carbocycles. The molecule has 1 aliphatic heterocycles. The Labute approximate surface area is 192 Å². The number of ether oxygens (including phenoxy) is 3. The summed E-state index contributed by atoms with van der Waals surface area (Å²) in [6, 6.07) is 21.7. The molecule has 3 aromatic carbocycles. The Kier molecular flexibility index (Phi) is 6.69. The maximum atomic E-state index is 13.2. The molecule has 0 radical (unpaired) electrons. The van der Waals surface area contributed by atoms with E-state index in [9.17, 15) is 9.59 Å². The van der Waals surface area contributed by atoms with E-state index < -0.39 is 0 Å². The molecular formula is C26H24N2O5. The van der Waals surface area contributed by atoms with Crippen LogP contribution in [-0.2, 0) is 4.79 Å². The monoisotopic (exact) mass is 444 g/mol. The van der Waals surface area contributed by atoms with E-state index in [1.54, 1.807) is 38.5 Å². The Morgan fingerprint density at radius 2 is 1.73 bits per heavy atom. The van der Waals surface area contributed by atoms with Crippen molar-refractivity contribution in [1.29, 1.82) is 0 Å². The van der Waals surface area contributed by atoms with Gasteiger partial charge in [0.1, 0.15) is 12.0 Å². The van der Waals surface area contributed by atoms with Gasteiger partial charge >= 0.3 is 0 Å². The minimum Gasteiger partial charge on any atom is -0.493 e. The molecule has 1 unspecified atom stereocenters. The Balaban J connectivity index is 1.59. The van der Waals surface area contributed by atoms with Gasteiger partial charge in [0.05, 0.1) is 26.0 Å². The second-order valence-electron chi connectivity index (χ2n) is 7.46. The maximum Gasteiger partial charge on any atom is 0.281 e. The first-order valence-electron chi connectivity index (χ1n) is 10.5. The van der Waals surface area contributed by atoms with Gasteiger partial charge in [-0.25, -0.2) is 5.01 Å². The van der Waals surface area contributed by atoms with Crippen molar-refractivity contribution < 1.29 is 23.8 Å². The van der Waals surface area contributed by atoms with Gasteiger partial charge in [-0.05, 0) is 47.5 Å². The molecule has 0 aliphatic carbocycles. The second-order valence-corrected chi connectivity index (χ2v) is 7.46. The van der Waals surface area contributed by atoms with E-state index in [0.717, 1.165) is 23.1 Å². The van der Waals surface area contributed by atoms with E-state index in [-0.39, 0.29) is 18.6 Å². The third-order valence-electron chi connectivity index (χ3n) is 5.44. The molecule has 1 atom stereocenters. The number of carbonyl (C=O) groups excluding carboxylic acids is 2. The molecule has 168 valence electrons. The Morgan fingerprint density at radius 1 is 1.00 bits per heavy atom. The summed E-state index contributed by atoms with van der Waals surface area (Å²) in [6.07, 6.45) is 1.31. The molecular weight excluding hydrogens is 420 g/mol. The van der Waals surface area contributed by atoms with Crippen LogP contribution >= 0.6 is 0 Å². The SMILES string of the molecule is COc1ccc(C2CC(c3ccccc3)=NN2C(=O)COc2ccc(C=O)cc2)cc1OC. The number of hydrazone groups is 1. The van der Waals surface area contributed by atoms with Crippen LogP contribution in [0.3, 0.4) is 0 Å². The molecule has 0 saturated heterocycles. The smallest absolute Gasteiger partial charge is 0.281 e. The summed E-state index contributed by atoms with van der Waals surface area (Å²) in [5, 5.41) is 6.13. The number of amides is 1. The lowest BCUT2D eigenvalue weighted by Crippen LogP contribution is -2.31. The van der Waals surface area contributed by atoms with Crippen molar-refractivity contribution >= 4 is 17.9 Å². The molecule has 7 heteroatoms. The van der Waals surface area contributed by atoms with Crippen molar-refractivity contribution in [2.75, 3.05) is 20.8 Å². The van der Waals surface area contributed by atoms with Crippen LogP contribution in [0.5, 0.6) is 17.2 Å². The summed E-state index contributed by atoms with van der Waals surface area (Å²) in [5.74, 6) is 1.42. The average molecular weight is 444 g/mol. The van der Waals surface area contributed by atoms with Crippen LogP contribution in [0.25, 0.3) is 0 Å². The minimum atomic E-state index is -0.312. The van der Waals surface area contributed by atoms with Crippen molar-refractivity contribution in [3.05, 3.63) is 89.5 Å². The zero-order valence-corrected chi connectivity index (χ0v) is 18.4. The fourth-order valence-electron chi connectivity index (χ4n) is 3.72. The number of rotatable bonds is 8. The Morgan fingerprint density at radius 3 is 2.39 bits per heavy atom. The molecule has 3 aromatic rings. The van der Waals surface area contributed by atoms with Crippen molar-refractivity contribution in [2.24, 2.45) is 5.10 Å². The van der Waals surface area contributed by atoms with Gasteiger partial charge in [0.2, 0.25) is 0 Å². The summed E-state index contributed by atoms with van der Waals surface area (Å²) >= 11 is 0. The zero-order valence-electron chi connectivity index (χ0n) is 18.4. The van der Waals surface area contributed by atoms with E-state index in [1.807, 2.05) is 48.5 Å². The summed E-state index contributed by atoms with van der Waals surface area (Å²) in [7, 11) is 3.16. The minimum absolute atomic E-state index is 0.185. The quantitative estimate of drug-likeness (QED) is 0.485. The topological polar surface area (TPSA) is 77.4 Å². The standard InChI is InChI=1S/C26H24N2O5/c1-31-24-13-10-20(14-25(24)32-2)23-15-22(19-6-4-3-5-7-19)27-28(23)26(30)17-33-21-11-8-18(16-29)9-12-21/h3-14,16,23H,15,17H2,1-2H3. The number of nitrogens with zero attached hydrogens (tertiary/aromatic N) is 2. The molecule has 0 spiro atoms. The normalized spacial score (nSPS) is 15.0. The van der Waals surface area contributed by atoms with Gasteiger partial charge in [0.25, 0.3) is 5.91 Å². The zero-order chi connectivity index (χ0) is 23.2. The molecule has 1 aliphatic rings. The summed E-state index contributed by atoms with van der Waals surface area (Å²) in [4.78, 5) is 24.0. The van der Waals surface area contributed by atoms with E-state index in [4.69, 9.17) is 14.2 Å². The first kappa shape index (κ1) is 22.1. The lowest BCUT2D eigenvalue weighted by molar-refractivity contribution is -0.135. The third-order valence-corrected chi connectivity index (χ3v) is 5.44. The van der Waals surface area contributed by atoms with Crippen LogP contribution in [0.15, 0.2) is 77.9 Å². The van der Waals surface area contributed by atoms with Gasteiger partial charge in [0.15, 0.2) is 18.1 Å². The van der Waals surface area contributed by atoms with Crippen LogP contribution in [0.4, 0.5) is 0 Å². The van der Waals surface area contributed by atoms with Crippen LogP contribution in [-0.4, -0.2) is 43.7 Å². The highest BCUT2D eigenvalue weighted by molar-refractivity contribution is 6.03. The van der Waals surface area contributed by atoms with E-state index in [2.05, 4.69) is 5.10 Å². The van der Waals surface area contributed by atoms with Gasteiger partial charge in [-0.2, -0.15) is 5.10 Å². The Bertz CT molecular complexity index is 1160. The van der Waals surface area contributed by atoms with Crippen molar-refractivity contribution in [1.82, 2.24) is 5.01 Å². The molecule has 7 nitrogen and oxygen atoms in total. The molecule has 33 heavy (non-hydrogen) atoms. The van der Waals surface area contributed by atoms with Crippen LogP contribution in [0, 0.1) is 0 Å². The number of hydrogen-bond acceptors (Lipinski definition) is 6. The van der Waals surface area contributed by atoms with Gasteiger partial charge in [-0.1, -0.05) is 36.4 Å². The molecule has 0 bridgehead atoms. The molecule has 0 fully saturated rings. The number of aldehydes is 1. The molecule has 4 rings (SSSR count). The first-order chi connectivity index (χ1) is 16.1. The van der Waals surface area contributed by atoms with Crippen LogP contribution in [0.1, 0.15) is 33.9 Å². The number of carbonyl (C=O) groups is 2. The maximum absolute atomic E-state index is 13.2. The lowest BCUT2D eigenvalue weighted by Gasteiger charge is -2.23. The fourth-order valence-corrected chi connectivity index (χ4v) is 3.72. The van der Waals surface area contributed by atoms with Crippen molar-refractivity contribution in [3.63, 3.8) is 0 Å². The number of hydrogen-bond donors (Lipinski definition) is 0. The summed E-state index contributed by atoms with van der Waals surface area (Å²) in [5.41, 5.74) is 3.20. The molecule has 0 N–H and O–H groups in total. The highest BCUT2D eigenvalue weighted by atomic mass is 16.5. The molecule has 1 heterocycles. The van der Waals surface area contributed by atoms with Gasteiger partial charge < -0.3 is 14.2 Å². The van der Waals surface area contributed by atoms with E-state index >= 15 is 0 Å². The van der Waals surface area contributed by atoms with Crippen molar-refractivity contribution in [3.8, 4) is 17.2 Å². The highest BCUT2D eigenvalue weighted by Gasteiger charge is 2.33. The van der Waals surface area contributed by atoms with Gasteiger partial charge in [-0.3, -0.25) is 9.59 Å². The van der Waals surface area contributed by atoms with Crippen LogP contribution < -0.4 is 14.2 Å².